The number of carboxylic acid groups (broad SMARTS) is 1. The van der Waals surface area contributed by atoms with Gasteiger partial charge in [-0.15, -0.1) is 0 Å². The highest BCUT2D eigenvalue weighted by Gasteiger charge is 2.43. The van der Waals surface area contributed by atoms with Crippen molar-refractivity contribution in [3.63, 3.8) is 0 Å². The summed E-state index contributed by atoms with van der Waals surface area (Å²) in [5.74, 6) is -0.655. The second-order valence-corrected chi connectivity index (χ2v) is 6.18. The summed E-state index contributed by atoms with van der Waals surface area (Å²) >= 11 is 3.42. The average Bonchev–Trinajstić information content (AvgIpc) is 2.41. The van der Waals surface area contributed by atoms with Crippen LogP contribution >= 0.6 is 15.9 Å². The molecule has 0 amide bonds. The minimum Gasteiger partial charge on any atom is -0.507 e. The van der Waals surface area contributed by atoms with Crippen LogP contribution in [0.15, 0.2) is 16.6 Å². The number of carbonyl (C=O) groups is 1. The van der Waals surface area contributed by atoms with Gasteiger partial charge in [0, 0.05) is 10.0 Å². The molecule has 4 heteroatoms. The van der Waals surface area contributed by atoms with Crippen molar-refractivity contribution in [2.75, 3.05) is 0 Å². The lowest BCUT2D eigenvalue weighted by Crippen LogP contribution is -2.38. The van der Waals surface area contributed by atoms with Crippen LogP contribution in [0.1, 0.15) is 50.2 Å². The standard InChI is InChI=1S/C15H19BrO3/c1-2-10-8-11(16)9-12(13(10)17)15(14(18)19)6-4-3-5-7-15/h8-9,17H,2-7H2,1H3,(H,18,19). The van der Waals surface area contributed by atoms with Crippen LogP contribution in [0.4, 0.5) is 0 Å². The molecular formula is C15H19BrO3. The predicted molar refractivity (Wildman–Crippen MR) is 77.6 cm³/mol. The van der Waals surface area contributed by atoms with Gasteiger partial charge in [-0.2, -0.15) is 0 Å². The van der Waals surface area contributed by atoms with E-state index >= 15 is 0 Å². The van der Waals surface area contributed by atoms with E-state index in [0.717, 1.165) is 29.3 Å². The Morgan fingerprint density at radius 2 is 1.95 bits per heavy atom. The van der Waals surface area contributed by atoms with E-state index in [-0.39, 0.29) is 5.75 Å². The van der Waals surface area contributed by atoms with Gasteiger partial charge in [-0.05, 0) is 37.0 Å². The minimum absolute atomic E-state index is 0.162. The number of phenols is 1. The molecule has 104 valence electrons. The maximum atomic E-state index is 11.8. The highest BCUT2D eigenvalue weighted by Crippen LogP contribution is 2.45. The molecule has 2 rings (SSSR count). The first-order chi connectivity index (χ1) is 9.01. The monoisotopic (exact) mass is 326 g/mol. The molecule has 1 aromatic rings. The first-order valence-corrected chi connectivity index (χ1v) is 7.56. The Kier molecular flexibility index (Phi) is 4.19. The number of hydrogen-bond donors (Lipinski definition) is 2. The second kappa shape index (κ2) is 5.53. The number of aliphatic carboxylic acids is 1. The molecule has 0 bridgehead atoms. The van der Waals surface area contributed by atoms with Crippen LogP contribution in [0.3, 0.4) is 0 Å². The van der Waals surface area contributed by atoms with Crippen LogP contribution in [0, 0.1) is 0 Å². The zero-order valence-electron chi connectivity index (χ0n) is 11.1. The van der Waals surface area contributed by atoms with Gasteiger partial charge in [0.1, 0.15) is 5.75 Å². The molecule has 0 heterocycles. The second-order valence-electron chi connectivity index (χ2n) is 5.26. The fourth-order valence-electron chi connectivity index (χ4n) is 3.04. The number of carboxylic acids is 1. The molecule has 0 radical (unpaired) electrons. The summed E-state index contributed by atoms with van der Waals surface area (Å²) in [6, 6.07) is 3.63. The van der Waals surface area contributed by atoms with Crippen LogP contribution in [0.2, 0.25) is 0 Å². The van der Waals surface area contributed by atoms with Crippen LogP contribution < -0.4 is 0 Å². The summed E-state index contributed by atoms with van der Waals surface area (Å²) in [6.45, 7) is 1.96. The van der Waals surface area contributed by atoms with E-state index < -0.39 is 11.4 Å². The quantitative estimate of drug-likeness (QED) is 0.882. The molecule has 1 saturated carbocycles. The molecule has 1 fully saturated rings. The van der Waals surface area contributed by atoms with Gasteiger partial charge in [0.05, 0.1) is 5.41 Å². The molecule has 0 aromatic heterocycles. The fraction of sp³-hybridized carbons (Fsp3) is 0.533. The van der Waals surface area contributed by atoms with Crippen molar-refractivity contribution in [3.8, 4) is 5.75 Å². The molecule has 19 heavy (non-hydrogen) atoms. The van der Waals surface area contributed by atoms with E-state index in [0.29, 0.717) is 24.8 Å². The predicted octanol–water partition coefficient (Wildman–Crippen LogP) is 4.00. The molecule has 1 aliphatic carbocycles. The fourth-order valence-corrected chi connectivity index (χ4v) is 3.55. The number of hydrogen-bond acceptors (Lipinski definition) is 2. The Bertz CT molecular complexity index is 490. The van der Waals surface area contributed by atoms with Gasteiger partial charge in [-0.25, -0.2) is 0 Å². The van der Waals surface area contributed by atoms with Crippen LogP contribution in [-0.4, -0.2) is 16.2 Å². The topological polar surface area (TPSA) is 57.5 Å². The van der Waals surface area contributed by atoms with E-state index in [9.17, 15) is 15.0 Å². The average molecular weight is 327 g/mol. The van der Waals surface area contributed by atoms with Crippen LogP contribution in [0.25, 0.3) is 0 Å². The van der Waals surface area contributed by atoms with E-state index in [1.807, 2.05) is 13.0 Å². The lowest BCUT2D eigenvalue weighted by atomic mass is 9.69. The molecule has 0 aliphatic heterocycles. The normalized spacial score (nSPS) is 18.2. The molecule has 3 nitrogen and oxygen atoms in total. The highest BCUT2D eigenvalue weighted by molar-refractivity contribution is 9.10. The number of phenolic OH excluding ortho intramolecular Hbond substituents is 1. The molecule has 0 saturated heterocycles. The van der Waals surface area contributed by atoms with Crippen LogP contribution in [0.5, 0.6) is 5.75 Å². The third kappa shape index (κ3) is 2.50. The number of halogens is 1. The molecule has 1 aliphatic rings. The maximum absolute atomic E-state index is 11.8. The molecular weight excluding hydrogens is 308 g/mol. The lowest BCUT2D eigenvalue weighted by Gasteiger charge is -2.34. The van der Waals surface area contributed by atoms with E-state index in [2.05, 4.69) is 15.9 Å². The molecule has 0 unspecified atom stereocenters. The number of aromatic hydroxyl groups is 1. The summed E-state index contributed by atoms with van der Waals surface area (Å²) < 4.78 is 0.836. The van der Waals surface area contributed by atoms with Gasteiger partial charge in [-0.1, -0.05) is 42.1 Å². The Balaban J connectivity index is 2.59. The van der Waals surface area contributed by atoms with Gasteiger partial charge in [0.25, 0.3) is 0 Å². The molecule has 0 atom stereocenters. The van der Waals surface area contributed by atoms with Gasteiger partial charge in [-0.3, -0.25) is 4.79 Å². The van der Waals surface area contributed by atoms with Gasteiger partial charge in [0.2, 0.25) is 0 Å². The zero-order chi connectivity index (χ0) is 14.0. The zero-order valence-corrected chi connectivity index (χ0v) is 12.7. The summed E-state index contributed by atoms with van der Waals surface area (Å²) in [5, 5.41) is 20.1. The number of rotatable bonds is 3. The largest absolute Gasteiger partial charge is 0.507 e. The number of aryl methyl sites for hydroxylation is 1. The van der Waals surface area contributed by atoms with Crippen molar-refractivity contribution < 1.29 is 15.0 Å². The van der Waals surface area contributed by atoms with Crippen molar-refractivity contribution in [3.05, 3.63) is 27.7 Å². The molecule has 1 aromatic carbocycles. The minimum atomic E-state index is -0.921. The lowest BCUT2D eigenvalue weighted by molar-refractivity contribution is -0.145. The maximum Gasteiger partial charge on any atom is 0.314 e. The van der Waals surface area contributed by atoms with Crippen molar-refractivity contribution in [1.82, 2.24) is 0 Å². The molecule has 0 spiro atoms. The summed E-state index contributed by atoms with van der Waals surface area (Å²) in [4.78, 5) is 11.8. The third-order valence-electron chi connectivity index (χ3n) is 4.17. The number of benzene rings is 1. The van der Waals surface area contributed by atoms with E-state index in [4.69, 9.17) is 0 Å². The van der Waals surface area contributed by atoms with Crippen molar-refractivity contribution >= 4 is 21.9 Å². The summed E-state index contributed by atoms with van der Waals surface area (Å²) in [5.41, 5.74) is 0.456. The van der Waals surface area contributed by atoms with Gasteiger partial charge >= 0.3 is 5.97 Å². The first-order valence-electron chi connectivity index (χ1n) is 6.76. The van der Waals surface area contributed by atoms with E-state index in [1.54, 1.807) is 6.07 Å². The first kappa shape index (κ1) is 14.4. The summed E-state index contributed by atoms with van der Waals surface area (Å²) in [6.07, 6.45) is 4.78. The highest BCUT2D eigenvalue weighted by atomic mass is 79.9. The van der Waals surface area contributed by atoms with Crippen molar-refractivity contribution in [2.45, 2.75) is 50.9 Å². The van der Waals surface area contributed by atoms with E-state index in [1.165, 1.54) is 0 Å². The Hall–Kier alpha value is -1.03. The van der Waals surface area contributed by atoms with Crippen LogP contribution in [-0.2, 0) is 16.6 Å². The van der Waals surface area contributed by atoms with Gasteiger partial charge < -0.3 is 10.2 Å². The third-order valence-corrected chi connectivity index (χ3v) is 4.62. The van der Waals surface area contributed by atoms with Crippen molar-refractivity contribution in [2.24, 2.45) is 0 Å². The Morgan fingerprint density at radius 1 is 1.32 bits per heavy atom. The summed E-state index contributed by atoms with van der Waals surface area (Å²) in [7, 11) is 0. The smallest absolute Gasteiger partial charge is 0.314 e. The Labute approximate surface area is 121 Å². The van der Waals surface area contributed by atoms with Crippen molar-refractivity contribution in [1.29, 1.82) is 0 Å². The Morgan fingerprint density at radius 3 is 2.47 bits per heavy atom. The molecule has 2 N–H and O–H groups in total. The van der Waals surface area contributed by atoms with Gasteiger partial charge in [0.15, 0.2) is 0 Å². The SMILES string of the molecule is CCc1cc(Br)cc(C2(C(=O)O)CCCCC2)c1O.